The van der Waals surface area contributed by atoms with Crippen molar-refractivity contribution in [3.8, 4) is 23.0 Å². The van der Waals surface area contributed by atoms with E-state index in [0.717, 1.165) is 48.5 Å². The average molecular weight is 2060 g/mol. The molecule has 0 aliphatic heterocycles. The summed E-state index contributed by atoms with van der Waals surface area (Å²) in [5.41, 5.74) is -15.1. The Labute approximate surface area is 717 Å². The minimum atomic E-state index is -7.41. The van der Waals surface area contributed by atoms with Gasteiger partial charge in [-0.05, 0) is 194 Å². The van der Waals surface area contributed by atoms with Crippen LogP contribution in [0.25, 0.3) is 0 Å². The van der Waals surface area contributed by atoms with E-state index in [2.05, 4.69) is 9.37 Å². The van der Waals surface area contributed by atoms with Crippen LogP contribution in [0, 0.1) is 0 Å². The summed E-state index contributed by atoms with van der Waals surface area (Å²) in [6, 6.07) is 34.7. The Morgan fingerprint density at radius 1 is 0.246 bits per heavy atom. The standard InChI is InChI=1S/2C34H19F12O6S3.C4H2F8O6S2/c2*35-31(36,37)20-14-21(32(38,39)40)17-29(16-20)54(47,48)51-24-6-10-27(11-7-24)53(26-4-2-1-3-5-26)28-12-8-25(9-13-28)52-55(49,50)30-18-22(33(41,42)43)15-23(19-30)34(44,45)46;5-1(6,3(9,10)19-18-17-13)2(7,8)4(11,12)20(14,15)16/h2*1-19H;13H,(H,14,15,16)/q2*+1;/p-2. The van der Waals surface area contributed by atoms with Gasteiger partial charge in [0.2, 0.25) is 0 Å². The molecule has 10 aromatic carbocycles. The van der Waals surface area contributed by atoms with Crippen LogP contribution >= 0.6 is 12.0 Å². The van der Waals surface area contributed by atoms with Crippen LogP contribution in [-0.4, -0.2) is 69.0 Å². The van der Waals surface area contributed by atoms with Gasteiger partial charge in [0.15, 0.2) is 39.5 Å². The van der Waals surface area contributed by atoms with Gasteiger partial charge in [-0.3, -0.25) is 5.04 Å². The van der Waals surface area contributed by atoms with E-state index in [-0.39, 0.29) is 72.8 Å². The lowest BCUT2D eigenvalue weighted by Crippen LogP contribution is -2.63. The zero-order valence-corrected chi connectivity index (χ0v) is 68.2. The van der Waals surface area contributed by atoms with Gasteiger partial charge in [-0.1, -0.05) is 36.4 Å². The lowest BCUT2D eigenvalue weighted by molar-refractivity contribution is -0.777. The van der Waals surface area contributed by atoms with Crippen molar-refractivity contribution in [2.24, 2.45) is 0 Å². The van der Waals surface area contributed by atoms with Crippen LogP contribution in [0.3, 0.4) is 0 Å². The highest BCUT2D eigenvalue weighted by Crippen LogP contribution is 2.58. The fraction of sp³-hybridized carbons (Fsp3) is 0.167. The Hall–Kier alpha value is -10.2. The highest BCUT2D eigenvalue weighted by Gasteiger charge is 2.83. The van der Waals surface area contributed by atoms with Crippen molar-refractivity contribution in [1.29, 1.82) is 0 Å². The Kier molecular flexibility index (Phi) is 30.6. The predicted molar refractivity (Wildman–Crippen MR) is 379 cm³/mol. The van der Waals surface area contributed by atoms with Gasteiger partial charge in [-0.2, -0.15) is 178 Å². The summed E-state index contributed by atoms with van der Waals surface area (Å²) >= 11 is -2.09. The van der Waals surface area contributed by atoms with Crippen LogP contribution in [0.15, 0.2) is 279 Å². The minimum absolute atomic E-state index is 0.0101. The molecule has 0 aromatic heterocycles. The normalized spacial score (nSPS) is 13.5. The monoisotopic (exact) mass is 2050 g/mol. The van der Waals surface area contributed by atoms with Crippen molar-refractivity contribution in [1.82, 2.24) is 0 Å². The molecule has 0 radical (unpaired) electrons. The van der Waals surface area contributed by atoms with E-state index >= 15 is 0 Å². The summed E-state index contributed by atoms with van der Waals surface area (Å²) in [7, 11) is -30.6. The van der Waals surface area contributed by atoms with Crippen LogP contribution < -0.4 is 22.0 Å². The summed E-state index contributed by atoms with van der Waals surface area (Å²) in [4.78, 5) is -2.78. The molecule has 10 rings (SSSR count). The van der Waals surface area contributed by atoms with Gasteiger partial charge in [0.25, 0.3) is 0 Å². The SMILES string of the molecule is O=S(=O)(Oc1ccc([S+](c2ccccc2)c2ccc(OS(=O)(=O)c3cc(C(F)(F)F)cc(C(F)(F)F)c3)cc2)cc1)c1cc(C(F)(F)F)cc(C(F)(F)F)c1.O=S(=O)(Oc1ccc([S+](c2ccccc2)c2ccc(OS(=O)(=O)c3cc(C(F)(F)F)cc(C(F)(F)F)c3)cc2)cc1)c1cc(C(F)(F)F)cc(C(F)(F)F)c1.O=S(=O)([O-])C(F)(F)C(F)(F)C(F)(F)C(F)(F)SOO[O-]. The van der Waals surface area contributed by atoms with Gasteiger partial charge in [-0.25, -0.2) is 8.42 Å². The molecule has 18 nitrogen and oxygen atoms in total. The van der Waals surface area contributed by atoms with Gasteiger partial charge in [0, 0.05) is 0 Å². The molecule has 0 unspecified atom stereocenters. The lowest BCUT2D eigenvalue weighted by atomic mass is 10.1. The quantitative estimate of drug-likeness (QED) is 0.00978. The second-order valence-corrected chi connectivity index (χ2v) is 37.6. The summed E-state index contributed by atoms with van der Waals surface area (Å²) in [5.74, 6) is -16.4. The van der Waals surface area contributed by atoms with E-state index in [4.69, 9.17) is 22.0 Å². The summed E-state index contributed by atoms with van der Waals surface area (Å²) in [6.07, 6.45) is -42.6. The van der Waals surface area contributed by atoms with E-state index in [9.17, 15) is 187 Å². The molecule has 0 heterocycles. The molecular formula is C72H38F32O18S8. The third-order valence-electron chi connectivity index (χ3n) is 16.0. The molecule has 0 spiro atoms. The number of rotatable bonds is 25. The lowest BCUT2D eigenvalue weighted by Gasteiger charge is -2.36. The van der Waals surface area contributed by atoms with Crippen molar-refractivity contribution in [2.75, 3.05) is 0 Å². The molecular weight excluding hydrogens is 2020 g/mol. The molecule has 0 aliphatic rings. The van der Waals surface area contributed by atoms with E-state index in [1.807, 2.05) is 0 Å². The maximum atomic E-state index is 13.3. The second kappa shape index (κ2) is 37.8. The fourth-order valence-corrected chi connectivity index (χ4v) is 19.0. The third-order valence-corrected chi connectivity index (χ3v) is 26.9. The van der Waals surface area contributed by atoms with E-state index in [1.165, 1.54) is 48.5 Å². The van der Waals surface area contributed by atoms with E-state index < -0.39 is 243 Å². The Morgan fingerprint density at radius 2 is 0.423 bits per heavy atom. The number of halogens is 32. The molecule has 0 bridgehead atoms. The van der Waals surface area contributed by atoms with E-state index in [1.54, 1.807) is 60.7 Å². The molecule has 0 amide bonds. The largest absolute Gasteiger partial charge is 0.743 e. The topological polar surface area (TPSA) is 272 Å². The van der Waals surface area contributed by atoms with E-state index in [0.29, 0.717) is 29.4 Å². The molecule has 0 atom stereocenters. The van der Waals surface area contributed by atoms with Crippen LogP contribution in [0.2, 0.25) is 0 Å². The molecule has 706 valence electrons. The molecule has 0 saturated heterocycles. The Balaban J connectivity index is 0.000000266. The molecule has 10 aromatic rings. The summed E-state index contributed by atoms with van der Waals surface area (Å²) in [6.45, 7) is 0. The highest BCUT2D eigenvalue weighted by molar-refractivity contribution is 7.97. The van der Waals surface area contributed by atoms with Gasteiger partial charge < -0.3 is 26.5 Å². The van der Waals surface area contributed by atoms with Crippen molar-refractivity contribution < 1.29 is 218 Å². The number of hydrogen-bond donors (Lipinski definition) is 0. The average Bonchev–Trinajstić information content (AvgIpc) is 0.721. The van der Waals surface area contributed by atoms with Gasteiger partial charge >= 0.3 is 112 Å². The van der Waals surface area contributed by atoms with Crippen molar-refractivity contribution in [3.05, 3.63) is 275 Å². The van der Waals surface area contributed by atoms with Gasteiger partial charge in [-0.15, -0.1) is 0 Å². The number of benzene rings is 10. The van der Waals surface area contributed by atoms with Crippen LogP contribution in [0.1, 0.15) is 44.5 Å². The number of hydrogen-bond acceptors (Lipinski definition) is 19. The Bertz CT molecular complexity index is 5540. The number of alkyl halides is 32. The van der Waals surface area contributed by atoms with Crippen molar-refractivity contribution in [2.45, 2.75) is 121 Å². The van der Waals surface area contributed by atoms with Crippen molar-refractivity contribution in [3.63, 3.8) is 0 Å². The molecule has 0 aliphatic carbocycles. The second-order valence-electron chi connectivity index (χ2n) is 25.1. The molecule has 0 N–H and O–H groups in total. The molecule has 0 fully saturated rings. The molecule has 58 heteroatoms. The zero-order valence-electron chi connectivity index (χ0n) is 61.6. The van der Waals surface area contributed by atoms with Crippen molar-refractivity contribution >= 4 is 84.4 Å². The first kappa shape index (κ1) is 105. The first-order chi connectivity index (χ1) is 59.0. The summed E-state index contributed by atoms with van der Waals surface area (Å²) < 4.78 is 574. The van der Waals surface area contributed by atoms with Crippen LogP contribution in [0.5, 0.6) is 23.0 Å². The molecule has 130 heavy (non-hydrogen) atoms. The van der Waals surface area contributed by atoms with Gasteiger partial charge in [0.1, 0.15) is 54.6 Å². The predicted octanol–water partition coefficient (Wildman–Crippen LogP) is 21.6. The van der Waals surface area contributed by atoms with Gasteiger partial charge in [0.05, 0.1) is 66.3 Å². The fourth-order valence-electron chi connectivity index (χ4n) is 10.1. The first-order valence-corrected chi connectivity index (χ1v) is 43.3. The minimum Gasteiger partial charge on any atom is -0.743 e. The van der Waals surface area contributed by atoms with Crippen LogP contribution in [0.4, 0.5) is 140 Å². The third kappa shape index (κ3) is 25.5. The zero-order chi connectivity index (χ0) is 98.2. The van der Waals surface area contributed by atoms with Crippen LogP contribution in [-0.2, 0) is 131 Å². The first-order valence-electron chi connectivity index (χ1n) is 33.1. The smallest absolute Gasteiger partial charge is 0.416 e. The summed E-state index contributed by atoms with van der Waals surface area (Å²) in [5, 5.41) is -2.07. The maximum absolute atomic E-state index is 13.3. The molecule has 0 saturated carbocycles. The maximum Gasteiger partial charge on any atom is 0.416 e. The Morgan fingerprint density at radius 3 is 0.585 bits per heavy atom. The highest BCUT2D eigenvalue weighted by atomic mass is 32.2.